The van der Waals surface area contributed by atoms with Crippen LogP contribution in [0.3, 0.4) is 0 Å². The van der Waals surface area contributed by atoms with E-state index in [-0.39, 0.29) is 5.82 Å². The van der Waals surface area contributed by atoms with Gasteiger partial charge in [-0.2, -0.15) is 0 Å². The van der Waals surface area contributed by atoms with Gasteiger partial charge in [0.2, 0.25) is 0 Å². The van der Waals surface area contributed by atoms with Crippen molar-refractivity contribution in [2.75, 3.05) is 24.5 Å². The summed E-state index contributed by atoms with van der Waals surface area (Å²) < 4.78 is 13.2. The summed E-state index contributed by atoms with van der Waals surface area (Å²) in [6.45, 7) is 11.5. The van der Waals surface area contributed by atoms with Crippen LogP contribution in [0.25, 0.3) is 0 Å². The topological polar surface area (TPSA) is 15.3 Å². The Morgan fingerprint density at radius 2 is 2.00 bits per heavy atom. The quantitative estimate of drug-likeness (QED) is 0.801. The highest BCUT2D eigenvalue weighted by atomic mass is 19.1. The van der Waals surface area contributed by atoms with E-state index in [1.165, 1.54) is 6.07 Å². The number of benzene rings is 1. The molecule has 1 atom stereocenters. The minimum absolute atomic E-state index is 0.168. The summed E-state index contributed by atoms with van der Waals surface area (Å²) in [6, 6.07) is 7.34. The van der Waals surface area contributed by atoms with Gasteiger partial charge in [-0.25, -0.2) is 4.39 Å². The van der Waals surface area contributed by atoms with Gasteiger partial charge in [-0.3, -0.25) is 0 Å². The van der Waals surface area contributed by atoms with E-state index in [4.69, 9.17) is 0 Å². The predicted molar refractivity (Wildman–Crippen MR) is 76.6 cm³/mol. The van der Waals surface area contributed by atoms with Crippen LogP contribution in [0.1, 0.15) is 27.7 Å². The zero-order valence-electron chi connectivity index (χ0n) is 11.9. The Labute approximate surface area is 110 Å². The molecule has 1 aromatic rings. The second kappa shape index (κ2) is 7.37. The highest BCUT2D eigenvalue weighted by Gasteiger charge is 2.10. The highest BCUT2D eigenvalue weighted by Crippen LogP contribution is 2.16. The highest BCUT2D eigenvalue weighted by molar-refractivity contribution is 5.46. The molecular formula is C15H25FN2. The second-order valence-electron chi connectivity index (χ2n) is 5.19. The van der Waals surface area contributed by atoms with Crippen molar-refractivity contribution in [2.45, 2.75) is 33.7 Å². The van der Waals surface area contributed by atoms with Gasteiger partial charge in [-0.15, -0.1) is 0 Å². The van der Waals surface area contributed by atoms with Crippen LogP contribution < -0.4 is 10.2 Å². The SMILES string of the molecule is CCN(CC(C)CNC(C)C)c1cccc(F)c1. The molecule has 0 heterocycles. The zero-order chi connectivity index (χ0) is 13.5. The Morgan fingerprint density at radius 1 is 1.28 bits per heavy atom. The normalized spacial score (nSPS) is 12.8. The summed E-state index contributed by atoms with van der Waals surface area (Å²) in [5.74, 6) is 0.370. The first-order valence-electron chi connectivity index (χ1n) is 6.76. The summed E-state index contributed by atoms with van der Waals surface area (Å²) >= 11 is 0. The number of hydrogen-bond acceptors (Lipinski definition) is 2. The largest absolute Gasteiger partial charge is 0.371 e. The molecule has 0 aliphatic heterocycles. The third-order valence-electron chi connectivity index (χ3n) is 2.96. The lowest BCUT2D eigenvalue weighted by Crippen LogP contribution is -2.35. The third-order valence-corrected chi connectivity index (χ3v) is 2.96. The second-order valence-corrected chi connectivity index (χ2v) is 5.19. The van der Waals surface area contributed by atoms with Crippen LogP contribution in [0.5, 0.6) is 0 Å². The van der Waals surface area contributed by atoms with E-state index in [1.54, 1.807) is 12.1 Å². The molecule has 0 amide bonds. The maximum atomic E-state index is 13.2. The van der Waals surface area contributed by atoms with Crippen molar-refractivity contribution in [3.05, 3.63) is 30.1 Å². The van der Waals surface area contributed by atoms with Gasteiger partial charge in [0.1, 0.15) is 5.82 Å². The molecule has 1 rings (SSSR count). The summed E-state index contributed by atoms with van der Waals surface area (Å²) in [7, 11) is 0. The van der Waals surface area contributed by atoms with Gasteiger partial charge in [-0.1, -0.05) is 26.8 Å². The van der Waals surface area contributed by atoms with Gasteiger partial charge < -0.3 is 10.2 Å². The molecule has 0 aromatic heterocycles. The lowest BCUT2D eigenvalue weighted by Gasteiger charge is -2.27. The fourth-order valence-electron chi connectivity index (χ4n) is 1.97. The van der Waals surface area contributed by atoms with Crippen LogP contribution in [0.15, 0.2) is 24.3 Å². The van der Waals surface area contributed by atoms with E-state index in [0.717, 1.165) is 25.3 Å². The minimum atomic E-state index is -0.168. The Kier molecular flexibility index (Phi) is 6.13. The van der Waals surface area contributed by atoms with Gasteiger partial charge in [0.15, 0.2) is 0 Å². The predicted octanol–water partition coefficient (Wildman–Crippen LogP) is 3.29. The summed E-state index contributed by atoms with van der Waals surface area (Å²) in [6.07, 6.45) is 0. The van der Waals surface area contributed by atoms with Crippen LogP contribution in [0.4, 0.5) is 10.1 Å². The Bertz CT molecular complexity index is 352. The molecule has 18 heavy (non-hydrogen) atoms. The number of halogens is 1. The van der Waals surface area contributed by atoms with Gasteiger partial charge >= 0.3 is 0 Å². The molecule has 0 aliphatic carbocycles. The van der Waals surface area contributed by atoms with E-state index in [9.17, 15) is 4.39 Å². The van der Waals surface area contributed by atoms with Crippen molar-refractivity contribution in [2.24, 2.45) is 5.92 Å². The van der Waals surface area contributed by atoms with Crippen molar-refractivity contribution < 1.29 is 4.39 Å². The standard InChI is InChI=1S/C15H25FN2/c1-5-18(11-13(4)10-17-12(2)3)15-8-6-7-14(16)9-15/h6-9,12-13,17H,5,10-11H2,1-4H3. The summed E-state index contributed by atoms with van der Waals surface area (Å²) in [5, 5.41) is 3.44. The van der Waals surface area contributed by atoms with Crippen molar-refractivity contribution in [3.63, 3.8) is 0 Å². The van der Waals surface area contributed by atoms with E-state index in [1.807, 2.05) is 6.07 Å². The van der Waals surface area contributed by atoms with Gasteiger partial charge in [0.05, 0.1) is 0 Å². The minimum Gasteiger partial charge on any atom is -0.371 e. The number of rotatable bonds is 7. The maximum Gasteiger partial charge on any atom is 0.125 e. The smallest absolute Gasteiger partial charge is 0.125 e. The van der Waals surface area contributed by atoms with Crippen molar-refractivity contribution in [1.29, 1.82) is 0 Å². The van der Waals surface area contributed by atoms with Crippen LogP contribution in [0, 0.1) is 11.7 Å². The molecule has 3 heteroatoms. The molecule has 0 saturated heterocycles. The van der Waals surface area contributed by atoms with Gasteiger partial charge in [0.25, 0.3) is 0 Å². The number of nitrogens with one attached hydrogen (secondary N) is 1. The maximum absolute atomic E-state index is 13.2. The lowest BCUT2D eigenvalue weighted by atomic mass is 10.1. The number of hydrogen-bond donors (Lipinski definition) is 1. The molecule has 0 saturated carbocycles. The molecule has 1 aromatic carbocycles. The van der Waals surface area contributed by atoms with Crippen LogP contribution >= 0.6 is 0 Å². The van der Waals surface area contributed by atoms with Crippen LogP contribution in [-0.4, -0.2) is 25.7 Å². The van der Waals surface area contributed by atoms with Crippen LogP contribution in [-0.2, 0) is 0 Å². The first kappa shape index (κ1) is 15.0. The molecule has 2 nitrogen and oxygen atoms in total. The molecule has 0 spiro atoms. The first-order chi connectivity index (χ1) is 8.52. The summed E-state index contributed by atoms with van der Waals surface area (Å²) in [5.41, 5.74) is 0.967. The number of anilines is 1. The van der Waals surface area contributed by atoms with E-state index in [2.05, 4.69) is 37.9 Å². The van der Waals surface area contributed by atoms with Crippen molar-refractivity contribution in [3.8, 4) is 0 Å². The molecule has 0 bridgehead atoms. The first-order valence-corrected chi connectivity index (χ1v) is 6.76. The average Bonchev–Trinajstić information content (AvgIpc) is 2.33. The fraction of sp³-hybridized carbons (Fsp3) is 0.600. The fourth-order valence-corrected chi connectivity index (χ4v) is 1.97. The molecule has 102 valence electrons. The molecule has 1 unspecified atom stereocenters. The molecule has 0 aliphatic rings. The zero-order valence-corrected chi connectivity index (χ0v) is 11.9. The number of nitrogens with zero attached hydrogens (tertiary/aromatic N) is 1. The van der Waals surface area contributed by atoms with Gasteiger partial charge in [-0.05, 0) is 37.6 Å². The lowest BCUT2D eigenvalue weighted by molar-refractivity contribution is 0.473. The molecule has 0 radical (unpaired) electrons. The van der Waals surface area contributed by atoms with Crippen LogP contribution in [0.2, 0.25) is 0 Å². The molecule has 0 fully saturated rings. The summed E-state index contributed by atoms with van der Waals surface area (Å²) in [4.78, 5) is 2.22. The van der Waals surface area contributed by atoms with E-state index < -0.39 is 0 Å². The average molecular weight is 252 g/mol. The third kappa shape index (κ3) is 5.05. The van der Waals surface area contributed by atoms with E-state index in [0.29, 0.717) is 12.0 Å². The molecule has 1 N–H and O–H groups in total. The Balaban J connectivity index is 2.56. The van der Waals surface area contributed by atoms with Gasteiger partial charge in [0, 0.05) is 24.8 Å². The monoisotopic (exact) mass is 252 g/mol. The van der Waals surface area contributed by atoms with E-state index >= 15 is 0 Å². The Hall–Kier alpha value is -1.09. The van der Waals surface area contributed by atoms with Crippen molar-refractivity contribution >= 4 is 5.69 Å². The van der Waals surface area contributed by atoms with Crippen molar-refractivity contribution in [1.82, 2.24) is 5.32 Å². The Morgan fingerprint density at radius 3 is 2.56 bits per heavy atom. The molecular weight excluding hydrogens is 227 g/mol.